The van der Waals surface area contributed by atoms with E-state index in [1.807, 2.05) is 48.5 Å². The van der Waals surface area contributed by atoms with Gasteiger partial charge in [-0.05, 0) is 54.4 Å². The zero-order valence-electron chi connectivity index (χ0n) is 18.0. The molecular weight excluding hydrogens is 498 g/mol. The first kappa shape index (κ1) is 22.1. The van der Waals surface area contributed by atoms with Gasteiger partial charge in [-0.2, -0.15) is 0 Å². The maximum Gasteiger partial charge on any atom is 0.256 e. The summed E-state index contributed by atoms with van der Waals surface area (Å²) in [5.41, 5.74) is 5.54. The number of pyridine rings is 1. The summed E-state index contributed by atoms with van der Waals surface area (Å²) in [5, 5.41) is 4.46. The lowest BCUT2D eigenvalue weighted by molar-refractivity contribution is 0.102. The van der Waals surface area contributed by atoms with Gasteiger partial charge < -0.3 is 5.32 Å². The molecule has 1 aromatic heterocycles. The molecule has 0 spiro atoms. The first-order valence-corrected chi connectivity index (χ1v) is 12.2. The number of rotatable bonds is 5. The number of nitrogens with zero attached hydrogens (tertiary/aromatic N) is 2. The number of fused-ring (bicyclic) bond motifs is 2. The third kappa shape index (κ3) is 4.96. The Morgan fingerprint density at radius 2 is 1.85 bits per heavy atom. The molecular formula is C27H23BrClN3O. The van der Waals surface area contributed by atoms with E-state index in [4.69, 9.17) is 16.6 Å². The molecule has 1 amide bonds. The molecule has 0 fully saturated rings. The number of aromatic nitrogens is 1. The Morgan fingerprint density at radius 3 is 2.64 bits per heavy atom. The molecule has 2 heterocycles. The molecule has 1 aliphatic rings. The van der Waals surface area contributed by atoms with Crippen molar-refractivity contribution in [3.8, 4) is 0 Å². The van der Waals surface area contributed by atoms with Crippen molar-refractivity contribution in [2.24, 2.45) is 0 Å². The molecule has 0 aliphatic carbocycles. The van der Waals surface area contributed by atoms with Crippen LogP contribution in [0.1, 0.15) is 27.2 Å². The molecule has 0 saturated heterocycles. The van der Waals surface area contributed by atoms with Crippen molar-refractivity contribution in [1.82, 2.24) is 9.88 Å². The summed E-state index contributed by atoms with van der Waals surface area (Å²) in [6.07, 6.45) is 1.80. The molecule has 6 heteroatoms. The summed E-state index contributed by atoms with van der Waals surface area (Å²) in [5.74, 6) is -0.131. The van der Waals surface area contributed by atoms with Crippen LogP contribution < -0.4 is 5.32 Å². The monoisotopic (exact) mass is 519 g/mol. The number of halogens is 2. The minimum Gasteiger partial charge on any atom is -0.322 e. The van der Waals surface area contributed by atoms with Gasteiger partial charge in [0, 0.05) is 57.9 Å². The van der Waals surface area contributed by atoms with Gasteiger partial charge in [0.2, 0.25) is 0 Å². The van der Waals surface area contributed by atoms with Gasteiger partial charge in [0.15, 0.2) is 0 Å². The maximum absolute atomic E-state index is 13.6. The van der Waals surface area contributed by atoms with Crippen LogP contribution in [-0.2, 0) is 19.4 Å². The van der Waals surface area contributed by atoms with E-state index in [2.05, 4.69) is 50.4 Å². The second-order valence-electron chi connectivity index (χ2n) is 8.30. The molecule has 1 aliphatic heterocycles. The summed E-state index contributed by atoms with van der Waals surface area (Å²) in [7, 11) is 0. The molecule has 0 atom stereocenters. The Hall–Kier alpha value is -2.73. The van der Waals surface area contributed by atoms with Gasteiger partial charge in [-0.3, -0.25) is 14.7 Å². The van der Waals surface area contributed by atoms with Crippen LogP contribution in [-0.4, -0.2) is 28.9 Å². The summed E-state index contributed by atoms with van der Waals surface area (Å²) in [6, 6.07) is 23.7. The molecule has 4 aromatic rings. The topological polar surface area (TPSA) is 45.2 Å². The van der Waals surface area contributed by atoms with E-state index in [1.165, 1.54) is 5.56 Å². The van der Waals surface area contributed by atoms with E-state index >= 15 is 0 Å². The second-order valence-corrected chi connectivity index (χ2v) is 9.65. The van der Waals surface area contributed by atoms with Crippen molar-refractivity contribution in [2.45, 2.75) is 19.4 Å². The zero-order chi connectivity index (χ0) is 22.8. The Labute approximate surface area is 206 Å². The molecule has 0 unspecified atom stereocenters. The third-order valence-electron chi connectivity index (χ3n) is 6.07. The van der Waals surface area contributed by atoms with Crippen LogP contribution >= 0.6 is 27.5 Å². The Kier molecular flexibility index (Phi) is 6.45. The van der Waals surface area contributed by atoms with Crippen LogP contribution in [0.2, 0.25) is 5.02 Å². The Balaban J connectivity index is 1.49. The molecule has 3 aromatic carbocycles. The molecule has 1 N–H and O–H groups in total. The SMILES string of the molecule is O=C(Nc1ccc(Br)cc1)c1c2c(nc3ccc(Cl)cc13)CCN(CCc1ccccc1)C2. The van der Waals surface area contributed by atoms with Crippen LogP contribution in [0.15, 0.2) is 77.3 Å². The fraction of sp³-hybridized carbons (Fsp3) is 0.185. The van der Waals surface area contributed by atoms with E-state index in [-0.39, 0.29) is 5.91 Å². The molecule has 0 radical (unpaired) electrons. The number of carbonyl (C=O) groups excluding carboxylic acids is 1. The Morgan fingerprint density at radius 1 is 1.06 bits per heavy atom. The highest BCUT2D eigenvalue weighted by Gasteiger charge is 2.26. The molecule has 33 heavy (non-hydrogen) atoms. The van der Waals surface area contributed by atoms with Crippen LogP contribution in [0.4, 0.5) is 5.69 Å². The van der Waals surface area contributed by atoms with Gasteiger partial charge in [-0.15, -0.1) is 0 Å². The molecule has 5 rings (SSSR count). The fourth-order valence-corrected chi connectivity index (χ4v) is 4.81. The minimum absolute atomic E-state index is 0.131. The van der Waals surface area contributed by atoms with Crippen molar-refractivity contribution in [3.63, 3.8) is 0 Å². The van der Waals surface area contributed by atoms with Crippen molar-refractivity contribution >= 4 is 50.0 Å². The smallest absolute Gasteiger partial charge is 0.256 e. The van der Waals surface area contributed by atoms with Crippen LogP contribution in [0.25, 0.3) is 10.9 Å². The second kappa shape index (κ2) is 9.64. The number of carbonyl (C=O) groups is 1. The standard InChI is InChI=1S/C27H23BrClN3O/c28-19-6-9-21(10-7-19)30-27(33)26-22-16-20(29)8-11-24(22)31-25-13-15-32(17-23(25)26)14-12-18-4-2-1-3-5-18/h1-11,16H,12-15,17H2,(H,30,33). The predicted octanol–water partition coefficient (Wildman–Crippen LogP) is 6.50. The van der Waals surface area contributed by atoms with Gasteiger partial charge in [-0.1, -0.05) is 57.9 Å². The van der Waals surface area contributed by atoms with Gasteiger partial charge in [0.05, 0.1) is 11.1 Å². The van der Waals surface area contributed by atoms with Gasteiger partial charge >= 0.3 is 0 Å². The average molecular weight is 521 g/mol. The highest BCUT2D eigenvalue weighted by Crippen LogP contribution is 2.31. The van der Waals surface area contributed by atoms with E-state index in [1.54, 1.807) is 0 Å². The first-order valence-electron chi connectivity index (χ1n) is 11.0. The van der Waals surface area contributed by atoms with Gasteiger partial charge in [-0.25, -0.2) is 0 Å². The maximum atomic E-state index is 13.6. The van der Waals surface area contributed by atoms with Crippen molar-refractivity contribution < 1.29 is 4.79 Å². The lowest BCUT2D eigenvalue weighted by Gasteiger charge is -2.30. The lowest BCUT2D eigenvalue weighted by Crippen LogP contribution is -2.34. The molecule has 0 saturated carbocycles. The first-order chi connectivity index (χ1) is 16.1. The van der Waals surface area contributed by atoms with E-state index in [0.29, 0.717) is 17.1 Å². The lowest BCUT2D eigenvalue weighted by atomic mass is 9.94. The summed E-state index contributed by atoms with van der Waals surface area (Å²) in [6.45, 7) is 2.56. The van der Waals surface area contributed by atoms with Crippen LogP contribution in [0, 0.1) is 0 Å². The normalized spacial score (nSPS) is 13.6. The molecule has 4 nitrogen and oxygen atoms in total. The third-order valence-corrected chi connectivity index (χ3v) is 6.83. The predicted molar refractivity (Wildman–Crippen MR) is 138 cm³/mol. The highest BCUT2D eigenvalue weighted by atomic mass is 79.9. The molecule has 166 valence electrons. The number of anilines is 1. The summed E-state index contributed by atoms with van der Waals surface area (Å²) >= 11 is 9.77. The summed E-state index contributed by atoms with van der Waals surface area (Å²) < 4.78 is 0.966. The fourth-order valence-electron chi connectivity index (χ4n) is 4.38. The number of amides is 1. The highest BCUT2D eigenvalue weighted by molar-refractivity contribution is 9.10. The Bertz CT molecular complexity index is 1310. The number of nitrogens with one attached hydrogen (secondary N) is 1. The zero-order valence-corrected chi connectivity index (χ0v) is 20.4. The number of hydrogen-bond acceptors (Lipinski definition) is 3. The van der Waals surface area contributed by atoms with Gasteiger partial charge in [0.25, 0.3) is 5.91 Å². The van der Waals surface area contributed by atoms with Crippen molar-refractivity contribution in [1.29, 1.82) is 0 Å². The van der Waals surface area contributed by atoms with Crippen LogP contribution in [0.3, 0.4) is 0 Å². The number of benzene rings is 3. The largest absolute Gasteiger partial charge is 0.322 e. The van der Waals surface area contributed by atoms with Crippen LogP contribution in [0.5, 0.6) is 0 Å². The van der Waals surface area contributed by atoms with E-state index < -0.39 is 0 Å². The quantitative estimate of drug-likeness (QED) is 0.326. The van der Waals surface area contributed by atoms with E-state index in [9.17, 15) is 4.79 Å². The van der Waals surface area contributed by atoms with Crippen molar-refractivity contribution in [3.05, 3.63) is 105 Å². The number of hydrogen-bond donors (Lipinski definition) is 1. The average Bonchev–Trinajstić information content (AvgIpc) is 2.83. The van der Waals surface area contributed by atoms with Gasteiger partial charge in [0.1, 0.15) is 0 Å². The van der Waals surface area contributed by atoms with E-state index in [0.717, 1.165) is 58.3 Å². The molecule has 0 bridgehead atoms. The van der Waals surface area contributed by atoms with Crippen molar-refractivity contribution in [2.75, 3.05) is 18.4 Å². The minimum atomic E-state index is -0.131. The summed E-state index contributed by atoms with van der Waals surface area (Å²) in [4.78, 5) is 20.9.